The number of methoxy groups -OCH3 is 1. The van der Waals surface area contributed by atoms with Gasteiger partial charge in [0.2, 0.25) is 5.91 Å². The first-order valence-electron chi connectivity index (χ1n) is 7.24. The molecule has 0 aromatic carbocycles. The summed E-state index contributed by atoms with van der Waals surface area (Å²) in [7, 11) is 1.72. The summed E-state index contributed by atoms with van der Waals surface area (Å²) in [6.45, 7) is 8.46. The molecule has 1 amide bonds. The molecule has 1 saturated carbocycles. The largest absolute Gasteiger partial charge is 0.383 e. The van der Waals surface area contributed by atoms with Crippen LogP contribution < -0.4 is 11.1 Å². The number of primary amides is 1. The molecule has 1 aliphatic carbocycles. The van der Waals surface area contributed by atoms with E-state index in [4.69, 9.17) is 10.5 Å². The average Bonchev–Trinajstić information content (AvgIpc) is 3.14. The topological polar surface area (TPSA) is 67.6 Å². The van der Waals surface area contributed by atoms with E-state index in [0.29, 0.717) is 12.1 Å². The number of nitrogens with zero attached hydrogens (tertiary/aromatic N) is 1. The van der Waals surface area contributed by atoms with Crippen LogP contribution in [0.4, 0.5) is 0 Å². The molecule has 1 fully saturated rings. The molecule has 112 valence electrons. The Morgan fingerprint density at radius 1 is 1.58 bits per heavy atom. The fraction of sp³-hybridized carbons (Fsp3) is 0.929. The molecule has 2 atom stereocenters. The molecule has 0 heterocycles. The number of hydrogen-bond donors (Lipinski definition) is 2. The Morgan fingerprint density at radius 2 is 2.21 bits per heavy atom. The van der Waals surface area contributed by atoms with Crippen LogP contribution in [0.2, 0.25) is 0 Å². The molecule has 0 aromatic heterocycles. The lowest BCUT2D eigenvalue weighted by Gasteiger charge is -2.36. The fourth-order valence-corrected chi connectivity index (χ4v) is 2.72. The molecule has 0 spiro atoms. The van der Waals surface area contributed by atoms with Gasteiger partial charge in [0, 0.05) is 25.7 Å². The number of carbonyl (C=O) groups excluding carboxylic acids is 1. The number of nitrogens with one attached hydrogen (secondary N) is 1. The first-order chi connectivity index (χ1) is 8.94. The van der Waals surface area contributed by atoms with E-state index >= 15 is 0 Å². The third-order valence-electron chi connectivity index (χ3n) is 3.95. The van der Waals surface area contributed by atoms with Gasteiger partial charge < -0.3 is 15.8 Å². The van der Waals surface area contributed by atoms with Crippen molar-refractivity contribution < 1.29 is 9.53 Å². The van der Waals surface area contributed by atoms with Gasteiger partial charge >= 0.3 is 0 Å². The predicted molar refractivity (Wildman–Crippen MR) is 77.0 cm³/mol. The minimum atomic E-state index is -0.631. The van der Waals surface area contributed by atoms with Crippen molar-refractivity contribution in [3.05, 3.63) is 0 Å². The highest BCUT2D eigenvalue weighted by atomic mass is 16.5. The van der Waals surface area contributed by atoms with Crippen molar-refractivity contribution >= 4 is 5.91 Å². The van der Waals surface area contributed by atoms with E-state index in [9.17, 15) is 4.79 Å². The lowest BCUT2D eigenvalue weighted by Crippen LogP contribution is -2.56. The molecule has 5 heteroatoms. The summed E-state index contributed by atoms with van der Waals surface area (Å²) in [5, 5.41) is 3.23. The molecule has 2 unspecified atom stereocenters. The highest BCUT2D eigenvalue weighted by Gasteiger charge is 2.37. The smallest absolute Gasteiger partial charge is 0.237 e. The van der Waals surface area contributed by atoms with Crippen molar-refractivity contribution in [2.75, 3.05) is 26.8 Å². The molecule has 0 aliphatic heterocycles. The Balaban J connectivity index is 2.62. The van der Waals surface area contributed by atoms with Crippen molar-refractivity contribution in [1.82, 2.24) is 10.2 Å². The number of hydrogen-bond acceptors (Lipinski definition) is 4. The van der Waals surface area contributed by atoms with Crippen LogP contribution in [-0.4, -0.2) is 55.2 Å². The van der Waals surface area contributed by atoms with Crippen LogP contribution >= 0.6 is 0 Å². The zero-order chi connectivity index (χ0) is 14.5. The molecule has 1 rings (SSSR count). The SMILES string of the molecule is CCNC(C)(CC(C)N(CCOC)C1CC1)C(N)=O. The molecule has 5 nitrogen and oxygen atoms in total. The summed E-state index contributed by atoms with van der Waals surface area (Å²) in [5.41, 5.74) is 4.92. The number of likely N-dealkylation sites (N-methyl/N-ethyl adjacent to an activating group) is 1. The van der Waals surface area contributed by atoms with Gasteiger partial charge in [-0.2, -0.15) is 0 Å². The number of nitrogens with two attached hydrogens (primary N) is 1. The summed E-state index contributed by atoms with van der Waals surface area (Å²) in [6.07, 6.45) is 3.24. The quantitative estimate of drug-likeness (QED) is 0.615. The zero-order valence-corrected chi connectivity index (χ0v) is 12.7. The summed E-state index contributed by atoms with van der Waals surface area (Å²) in [6, 6.07) is 0.975. The van der Waals surface area contributed by atoms with Crippen LogP contribution in [0, 0.1) is 0 Å². The van der Waals surface area contributed by atoms with Gasteiger partial charge in [-0.25, -0.2) is 0 Å². The van der Waals surface area contributed by atoms with Gasteiger partial charge in [-0.1, -0.05) is 6.92 Å². The van der Waals surface area contributed by atoms with Crippen molar-refractivity contribution in [1.29, 1.82) is 0 Å². The Morgan fingerprint density at radius 3 is 2.63 bits per heavy atom. The molecule has 0 saturated heterocycles. The number of amides is 1. The molecule has 3 N–H and O–H groups in total. The van der Waals surface area contributed by atoms with Gasteiger partial charge in [0.05, 0.1) is 12.1 Å². The second kappa shape index (κ2) is 7.22. The summed E-state index contributed by atoms with van der Waals surface area (Å²) < 4.78 is 5.18. The fourth-order valence-electron chi connectivity index (χ4n) is 2.72. The van der Waals surface area contributed by atoms with Gasteiger partial charge in [-0.3, -0.25) is 9.69 Å². The van der Waals surface area contributed by atoms with Crippen molar-refractivity contribution in [3.8, 4) is 0 Å². The van der Waals surface area contributed by atoms with Crippen LogP contribution in [0.5, 0.6) is 0 Å². The summed E-state index contributed by atoms with van der Waals surface area (Å²) in [5.74, 6) is -0.274. The maximum Gasteiger partial charge on any atom is 0.237 e. The van der Waals surface area contributed by atoms with Gasteiger partial charge in [0.15, 0.2) is 0 Å². The van der Waals surface area contributed by atoms with Crippen molar-refractivity contribution in [2.24, 2.45) is 5.73 Å². The van der Waals surface area contributed by atoms with E-state index in [-0.39, 0.29) is 5.91 Å². The lowest BCUT2D eigenvalue weighted by atomic mass is 9.92. The molecule has 1 aliphatic rings. The van der Waals surface area contributed by atoms with Crippen LogP contribution in [0.15, 0.2) is 0 Å². The summed E-state index contributed by atoms with van der Waals surface area (Å²) in [4.78, 5) is 14.1. The minimum absolute atomic E-state index is 0.274. The minimum Gasteiger partial charge on any atom is -0.383 e. The van der Waals surface area contributed by atoms with Gasteiger partial charge in [0.25, 0.3) is 0 Å². The number of rotatable bonds is 10. The van der Waals surface area contributed by atoms with Crippen LogP contribution in [-0.2, 0) is 9.53 Å². The Bertz CT molecular complexity index is 294. The second-order valence-electron chi connectivity index (χ2n) is 5.74. The second-order valence-corrected chi connectivity index (χ2v) is 5.74. The Hall–Kier alpha value is -0.650. The molecule has 0 radical (unpaired) electrons. The molecule has 0 bridgehead atoms. The van der Waals surface area contributed by atoms with E-state index in [1.165, 1.54) is 12.8 Å². The molecular weight excluding hydrogens is 242 g/mol. The first-order valence-corrected chi connectivity index (χ1v) is 7.24. The standard InChI is InChI=1S/C14H29N3O2/c1-5-16-14(3,13(15)18)10-11(2)17(8-9-19-4)12-6-7-12/h11-12,16H,5-10H2,1-4H3,(H2,15,18). The molecule has 0 aromatic rings. The van der Waals surface area contributed by atoms with E-state index in [1.807, 2.05) is 13.8 Å². The van der Waals surface area contributed by atoms with Crippen LogP contribution in [0.25, 0.3) is 0 Å². The maximum absolute atomic E-state index is 11.7. The number of carbonyl (C=O) groups is 1. The van der Waals surface area contributed by atoms with E-state index < -0.39 is 5.54 Å². The monoisotopic (exact) mass is 271 g/mol. The Kier molecular flexibility index (Phi) is 6.23. The van der Waals surface area contributed by atoms with Gasteiger partial charge in [0.1, 0.15) is 0 Å². The Labute approximate surface area is 116 Å². The zero-order valence-electron chi connectivity index (χ0n) is 12.7. The van der Waals surface area contributed by atoms with E-state index in [0.717, 1.165) is 26.1 Å². The lowest BCUT2D eigenvalue weighted by molar-refractivity contribution is -0.124. The normalized spacial score (nSPS) is 20.3. The van der Waals surface area contributed by atoms with E-state index in [1.54, 1.807) is 7.11 Å². The van der Waals surface area contributed by atoms with Crippen molar-refractivity contribution in [3.63, 3.8) is 0 Å². The predicted octanol–water partition coefficient (Wildman–Crippen LogP) is 0.729. The first kappa shape index (κ1) is 16.4. The highest BCUT2D eigenvalue weighted by Crippen LogP contribution is 2.30. The third-order valence-corrected chi connectivity index (χ3v) is 3.95. The highest BCUT2D eigenvalue weighted by molar-refractivity contribution is 5.84. The molecule has 19 heavy (non-hydrogen) atoms. The van der Waals surface area contributed by atoms with E-state index in [2.05, 4.69) is 17.1 Å². The van der Waals surface area contributed by atoms with Crippen LogP contribution in [0.3, 0.4) is 0 Å². The third kappa shape index (κ3) is 4.75. The average molecular weight is 271 g/mol. The number of ether oxygens (including phenoxy) is 1. The van der Waals surface area contributed by atoms with Gasteiger partial charge in [-0.05, 0) is 39.7 Å². The van der Waals surface area contributed by atoms with Gasteiger partial charge in [-0.15, -0.1) is 0 Å². The van der Waals surface area contributed by atoms with Crippen LogP contribution in [0.1, 0.15) is 40.0 Å². The maximum atomic E-state index is 11.7. The summed E-state index contributed by atoms with van der Waals surface area (Å²) >= 11 is 0. The molecular formula is C14H29N3O2. The van der Waals surface area contributed by atoms with Crippen molar-refractivity contribution in [2.45, 2.75) is 57.7 Å².